The Kier molecular flexibility index (Phi) is 20.0. The Hall–Kier alpha value is -18.8. The van der Waals surface area contributed by atoms with Gasteiger partial charge in [0.15, 0.2) is 52.4 Å². The largest absolute Gasteiger partial charge is 0.264 e. The highest BCUT2D eigenvalue weighted by Crippen LogP contribution is 2.43. The molecular formula is C115H69N19. The third-order valence-corrected chi connectivity index (χ3v) is 24.2. The van der Waals surface area contributed by atoms with Gasteiger partial charge in [-0.15, -0.1) is 0 Å². The van der Waals surface area contributed by atoms with Gasteiger partial charge in [-0.05, 0) is 157 Å². The number of rotatable bonds is 12. The van der Waals surface area contributed by atoms with E-state index >= 15 is 0 Å². The maximum absolute atomic E-state index is 5.17. The number of benzene rings is 13. The zero-order valence-electron chi connectivity index (χ0n) is 71.3. The maximum Gasteiger partial charge on any atom is 0.182 e. The van der Waals surface area contributed by atoms with Crippen LogP contribution in [-0.2, 0) is 0 Å². The van der Waals surface area contributed by atoms with Gasteiger partial charge in [0.05, 0.1) is 33.6 Å². The van der Waals surface area contributed by atoms with Crippen molar-refractivity contribution >= 4 is 119 Å². The Morgan fingerprint density at radius 2 is 0.425 bits per heavy atom. The van der Waals surface area contributed by atoms with Crippen LogP contribution in [0.5, 0.6) is 0 Å². The second-order valence-electron chi connectivity index (χ2n) is 32.2. The molecule has 0 radical (unpaired) electrons. The molecule has 0 saturated carbocycles. The monoisotopic (exact) mass is 1720 g/mol. The number of hydrogen-bond acceptors (Lipinski definition) is 19. The van der Waals surface area contributed by atoms with Gasteiger partial charge in [0.2, 0.25) is 0 Å². The lowest BCUT2D eigenvalue weighted by Crippen LogP contribution is -2.02. The van der Waals surface area contributed by atoms with Crippen LogP contribution in [0.25, 0.3) is 256 Å². The second kappa shape index (κ2) is 34.1. The molecule has 13 heterocycles. The molecule has 13 aromatic carbocycles. The smallest absolute Gasteiger partial charge is 0.182 e. The van der Waals surface area contributed by atoms with Crippen LogP contribution in [0.1, 0.15) is 0 Å². The number of hydrogen-bond donors (Lipinski definition) is 0. The molecule has 0 saturated heterocycles. The van der Waals surface area contributed by atoms with Crippen LogP contribution >= 0.6 is 0 Å². The van der Waals surface area contributed by atoms with E-state index in [2.05, 4.69) is 255 Å². The van der Waals surface area contributed by atoms with Crippen LogP contribution in [0, 0.1) is 0 Å². The minimum absolute atomic E-state index is 0.445. The van der Waals surface area contributed by atoms with Crippen molar-refractivity contribution < 1.29 is 0 Å². The fraction of sp³-hybridized carbons (Fsp3) is 0. The lowest BCUT2D eigenvalue weighted by atomic mass is 9.95. The van der Waals surface area contributed by atoms with Gasteiger partial charge >= 0.3 is 0 Å². The molecule has 0 spiro atoms. The fourth-order valence-corrected chi connectivity index (χ4v) is 17.8. The molecular weight excluding hydrogens is 1650 g/mol. The van der Waals surface area contributed by atoms with Crippen molar-refractivity contribution in [2.24, 2.45) is 0 Å². The van der Waals surface area contributed by atoms with Crippen LogP contribution in [0.4, 0.5) is 0 Å². The first-order chi connectivity index (χ1) is 66.4. The summed E-state index contributed by atoms with van der Waals surface area (Å²) < 4.78 is 0. The molecule has 26 rings (SSSR count). The van der Waals surface area contributed by atoms with Gasteiger partial charge in [-0.1, -0.05) is 261 Å². The number of nitrogens with zero attached hydrogens (tertiary/aromatic N) is 19. The third-order valence-electron chi connectivity index (χ3n) is 24.2. The van der Waals surface area contributed by atoms with Crippen molar-refractivity contribution in [3.63, 3.8) is 0 Å². The minimum atomic E-state index is 0.445. The SMILES string of the molecule is c1ccc(-c2nc(-c3ccccn3)nc(-c3ccc(-c4nc5ccccc5c5c4ccc4ccccc45)cn3)n2)nc1.c1ccc2c(-c3nc(-c4ccc(-c5nc6ccccc6c6c5ccc5ccccc56)cn4)nc(-c4cccc5ccccc45)n3)cccc2c1.c1cncc(-c2nc(-c3cccnc3)nc(-c3ccc(-c4nc5ccccc5c5c4ccc4ccccc45)cn3)n2)c1. The molecule has 0 bridgehead atoms. The van der Waals surface area contributed by atoms with Gasteiger partial charge in [-0.25, -0.2) is 59.8 Å². The number of para-hydroxylation sites is 3. The van der Waals surface area contributed by atoms with E-state index in [1.54, 1.807) is 37.2 Å². The van der Waals surface area contributed by atoms with E-state index in [0.717, 1.165) is 126 Å². The summed E-state index contributed by atoms with van der Waals surface area (Å²) in [6.45, 7) is 0. The summed E-state index contributed by atoms with van der Waals surface area (Å²) >= 11 is 0. The maximum atomic E-state index is 5.17. The van der Waals surface area contributed by atoms with Crippen molar-refractivity contribution in [3.05, 3.63) is 420 Å². The second-order valence-corrected chi connectivity index (χ2v) is 32.2. The van der Waals surface area contributed by atoms with Crippen LogP contribution in [-0.4, -0.2) is 94.7 Å². The van der Waals surface area contributed by atoms with Crippen molar-refractivity contribution in [2.75, 3.05) is 0 Å². The molecule has 0 fully saturated rings. The molecule has 19 heteroatoms. The Balaban J connectivity index is 0.000000111. The van der Waals surface area contributed by atoms with Crippen LogP contribution in [0.3, 0.4) is 0 Å². The lowest BCUT2D eigenvalue weighted by Gasteiger charge is -2.13. The molecule has 26 aromatic rings. The normalized spacial score (nSPS) is 11.4. The predicted octanol–water partition coefficient (Wildman–Crippen LogP) is 26.3. The number of fused-ring (bicyclic) bond motifs is 17. The van der Waals surface area contributed by atoms with E-state index in [0.29, 0.717) is 80.9 Å². The topological polar surface area (TPSA) is 245 Å². The van der Waals surface area contributed by atoms with Gasteiger partial charge < -0.3 is 0 Å². The molecule has 0 amide bonds. The zero-order chi connectivity index (χ0) is 88.8. The molecule has 0 aliphatic carbocycles. The Morgan fingerprint density at radius 1 is 0.142 bits per heavy atom. The van der Waals surface area contributed by atoms with E-state index in [1.807, 2.05) is 152 Å². The van der Waals surface area contributed by atoms with Gasteiger partial charge in [0, 0.05) is 143 Å². The lowest BCUT2D eigenvalue weighted by molar-refractivity contribution is 1.03. The number of aromatic nitrogens is 19. The average molecular weight is 1720 g/mol. The van der Waals surface area contributed by atoms with Gasteiger partial charge in [0.25, 0.3) is 0 Å². The first kappa shape index (κ1) is 78.7. The summed E-state index contributed by atoms with van der Waals surface area (Å²) in [5, 5.41) is 21.9. The van der Waals surface area contributed by atoms with Gasteiger partial charge in [-0.2, -0.15) is 0 Å². The molecule has 0 aliphatic rings. The molecule has 134 heavy (non-hydrogen) atoms. The molecule has 0 unspecified atom stereocenters. The summed E-state index contributed by atoms with van der Waals surface area (Å²) in [7, 11) is 0. The van der Waals surface area contributed by atoms with E-state index in [-0.39, 0.29) is 0 Å². The average Bonchev–Trinajstić information content (AvgIpc) is 0.745. The van der Waals surface area contributed by atoms with Crippen LogP contribution < -0.4 is 0 Å². The van der Waals surface area contributed by atoms with E-state index in [1.165, 1.54) is 48.5 Å². The zero-order valence-corrected chi connectivity index (χ0v) is 71.3. The van der Waals surface area contributed by atoms with E-state index in [4.69, 9.17) is 69.8 Å². The van der Waals surface area contributed by atoms with Gasteiger partial charge in [0.1, 0.15) is 28.5 Å². The quantitative estimate of drug-likeness (QED) is 0.103. The highest BCUT2D eigenvalue weighted by molar-refractivity contribution is 6.25. The molecule has 13 aromatic heterocycles. The molecule has 0 N–H and O–H groups in total. The van der Waals surface area contributed by atoms with Gasteiger partial charge in [-0.3, -0.25) is 34.9 Å². The molecule has 624 valence electrons. The first-order valence-electron chi connectivity index (χ1n) is 43.8. The highest BCUT2D eigenvalue weighted by Gasteiger charge is 2.24. The predicted molar refractivity (Wildman–Crippen MR) is 535 cm³/mol. The molecule has 19 nitrogen and oxygen atoms in total. The summed E-state index contributed by atoms with van der Waals surface area (Å²) in [5.74, 6) is 4.60. The van der Waals surface area contributed by atoms with Crippen molar-refractivity contribution in [1.82, 2.24) is 94.7 Å². The Morgan fingerprint density at radius 3 is 0.754 bits per heavy atom. The van der Waals surface area contributed by atoms with E-state index < -0.39 is 0 Å². The summed E-state index contributed by atoms with van der Waals surface area (Å²) in [6, 6.07) is 123. The third kappa shape index (κ3) is 14.8. The molecule has 0 aliphatic heterocycles. The Labute approximate surface area is 765 Å². The Bertz CT molecular complexity index is 8470. The van der Waals surface area contributed by atoms with Crippen LogP contribution in [0.2, 0.25) is 0 Å². The van der Waals surface area contributed by atoms with Crippen LogP contribution in [0.15, 0.2) is 420 Å². The summed E-state index contributed by atoms with van der Waals surface area (Å²) in [4.78, 5) is 90.9. The van der Waals surface area contributed by atoms with Crippen molar-refractivity contribution in [2.45, 2.75) is 0 Å². The van der Waals surface area contributed by atoms with E-state index in [9.17, 15) is 0 Å². The highest BCUT2D eigenvalue weighted by atomic mass is 15.1. The standard InChI is InChI=1S/C45H27N5.2C35H21N7/c1-4-16-32-28(11-1)14-9-20-35(32)43-48-44(36-21-10-15-29-12-2-5-17-33(29)36)50-45(49-43)40-26-24-31(27-46-40)42-38-25-23-30-13-3-6-18-34(30)41(38)37-19-7-8-22-39(37)47-42;1-2-10-24-22(9-1)15-17-26-31(24)25-11-3-4-12-27(25)39-32(26)23-16-18-30(38-21-23)35-41-33(28-13-5-7-19-36-28)40-34(42-35)29-14-6-8-20-37-29;1-2-10-26-22(7-1)13-15-28-31(26)27-11-3-4-12-29(27)39-32(28)23-14-16-30(38-21-23)35-41-33(24-8-5-17-36-19-24)40-34(42-35)25-9-6-18-37-20-25/h1-27H;2*1-21H. The minimum Gasteiger partial charge on any atom is -0.264 e. The summed E-state index contributed by atoms with van der Waals surface area (Å²) in [5.41, 5.74) is 14.9. The molecule has 0 atom stereocenters. The number of pyridine rings is 10. The van der Waals surface area contributed by atoms with Crippen molar-refractivity contribution in [1.29, 1.82) is 0 Å². The fourth-order valence-electron chi connectivity index (χ4n) is 17.8. The first-order valence-corrected chi connectivity index (χ1v) is 43.8. The van der Waals surface area contributed by atoms with Crippen molar-refractivity contribution in [3.8, 4) is 137 Å². The summed E-state index contributed by atoms with van der Waals surface area (Å²) in [6.07, 6.45) is 15.9.